The first kappa shape index (κ1) is 8.37. The molecule has 0 aliphatic rings. The quantitative estimate of drug-likeness (QED) is 0.516. The van der Waals surface area contributed by atoms with Gasteiger partial charge in [0.25, 0.3) is 0 Å². The first-order chi connectivity index (χ1) is 5.11. The molecule has 0 radical (unpaired) electrons. The molecule has 0 unspecified atom stereocenters. The van der Waals surface area contributed by atoms with Crippen molar-refractivity contribution in [3.05, 3.63) is 33.8 Å². The van der Waals surface area contributed by atoms with Gasteiger partial charge in [-0.15, -0.1) is 0 Å². The van der Waals surface area contributed by atoms with Crippen LogP contribution in [-0.4, -0.2) is 5.84 Å². The van der Waals surface area contributed by atoms with Gasteiger partial charge in [0, 0.05) is 10.6 Å². The molecule has 58 valence electrons. The molecular weight excluding hydrogens is 183 g/mol. The molecule has 11 heavy (non-hydrogen) atoms. The van der Waals surface area contributed by atoms with Crippen LogP contribution in [0, 0.1) is 5.41 Å². The van der Waals surface area contributed by atoms with Crippen LogP contribution >= 0.6 is 23.2 Å². The van der Waals surface area contributed by atoms with Gasteiger partial charge in [-0.1, -0.05) is 23.2 Å². The summed E-state index contributed by atoms with van der Waals surface area (Å²) < 4.78 is 0. The van der Waals surface area contributed by atoms with Crippen LogP contribution in [0.1, 0.15) is 5.56 Å². The molecule has 0 bridgehead atoms. The molecule has 0 amide bonds. The van der Waals surface area contributed by atoms with Gasteiger partial charge in [0.15, 0.2) is 0 Å². The molecule has 0 saturated carbocycles. The Morgan fingerprint density at radius 3 is 2.45 bits per heavy atom. The molecule has 1 aromatic rings. The lowest BCUT2D eigenvalue weighted by atomic mass is 10.2. The van der Waals surface area contributed by atoms with Crippen molar-refractivity contribution in [2.75, 3.05) is 0 Å². The Bertz CT molecular complexity index is 296. The van der Waals surface area contributed by atoms with Gasteiger partial charge in [0.1, 0.15) is 5.84 Å². The fraction of sp³-hybridized carbons (Fsp3) is 0. The Balaban J connectivity index is 3.23. The van der Waals surface area contributed by atoms with E-state index in [1.807, 2.05) is 0 Å². The van der Waals surface area contributed by atoms with E-state index >= 15 is 0 Å². The van der Waals surface area contributed by atoms with Crippen LogP contribution in [-0.2, 0) is 0 Å². The fourth-order valence-corrected chi connectivity index (χ4v) is 1.10. The summed E-state index contributed by atoms with van der Waals surface area (Å²) in [5, 5.41) is 8.08. The van der Waals surface area contributed by atoms with E-state index in [0.29, 0.717) is 15.6 Å². The van der Waals surface area contributed by atoms with Gasteiger partial charge in [-0.05, 0) is 18.2 Å². The fourth-order valence-electron chi connectivity index (χ4n) is 0.704. The number of nitrogens with one attached hydrogen (secondary N) is 1. The van der Waals surface area contributed by atoms with Crippen LogP contribution in [0.5, 0.6) is 0 Å². The first-order valence-electron chi connectivity index (χ1n) is 2.90. The van der Waals surface area contributed by atoms with Crippen LogP contribution in [0.4, 0.5) is 0 Å². The molecule has 1 aromatic carbocycles. The molecule has 3 N–H and O–H groups in total. The van der Waals surface area contributed by atoms with Crippen molar-refractivity contribution < 1.29 is 0 Å². The molecule has 0 fully saturated rings. The van der Waals surface area contributed by atoms with E-state index in [1.54, 1.807) is 18.2 Å². The molecule has 0 spiro atoms. The van der Waals surface area contributed by atoms with Crippen molar-refractivity contribution in [2.45, 2.75) is 0 Å². The molecule has 4 heteroatoms. The summed E-state index contributed by atoms with van der Waals surface area (Å²) in [4.78, 5) is 0. The lowest BCUT2D eigenvalue weighted by Gasteiger charge is -2.00. The van der Waals surface area contributed by atoms with Gasteiger partial charge in [0.05, 0.1) is 5.02 Å². The zero-order chi connectivity index (χ0) is 8.43. The number of nitrogens with two attached hydrogens (primary N) is 1. The van der Waals surface area contributed by atoms with E-state index < -0.39 is 0 Å². The Labute approximate surface area is 74.4 Å². The summed E-state index contributed by atoms with van der Waals surface area (Å²) in [5.41, 5.74) is 5.70. The molecule has 0 aliphatic carbocycles. The lowest BCUT2D eigenvalue weighted by Crippen LogP contribution is -2.11. The van der Waals surface area contributed by atoms with Crippen LogP contribution in [0.15, 0.2) is 18.2 Å². The Kier molecular flexibility index (Phi) is 2.37. The molecule has 0 saturated heterocycles. The average Bonchev–Trinajstić information content (AvgIpc) is 1.94. The maximum atomic E-state index is 7.11. The Morgan fingerprint density at radius 2 is 2.00 bits per heavy atom. The van der Waals surface area contributed by atoms with E-state index in [2.05, 4.69) is 0 Å². The third-order valence-electron chi connectivity index (χ3n) is 1.22. The van der Waals surface area contributed by atoms with Gasteiger partial charge < -0.3 is 5.73 Å². The molecule has 0 aromatic heterocycles. The third kappa shape index (κ3) is 1.85. The van der Waals surface area contributed by atoms with Crippen molar-refractivity contribution in [2.24, 2.45) is 5.73 Å². The summed E-state index contributed by atoms with van der Waals surface area (Å²) in [6.07, 6.45) is 0. The Hall–Kier alpha value is -0.730. The highest BCUT2D eigenvalue weighted by Crippen LogP contribution is 2.19. The summed E-state index contributed by atoms with van der Waals surface area (Å²) in [5.74, 6) is -0.0718. The van der Waals surface area contributed by atoms with Gasteiger partial charge in [-0.3, -0.25) is 5.41 Å². The van der Waals surface area contributed by atoms with Crippen molar-refractivity contribution in [1.29, 1.82) is 5.41 Å². The van der Waals surface area contributed by atoms with E-state index in [9.17, 15) is 0 Å². The van der Waals surface area contributed by atoms with E-state index in [-0.39, 0.29) is 5.84 Å². The van der Waals surface area contributed by atoms with Crippen LogP contribution in [0.3, 0.4) is 0 Å². The average molecular weight is 189 g/mol. The predicted octanol–water partition coefficient (Wildman–Crippen LogP) is 2.28. The number of hydrogen-bond donors (Lipinski definition) is 2. The molecular formula is C7H6Cl2N2. The second-order valence-electron chi connectivity index (χ2n) is 2.04. The first-order valence-corrected chi connectivity index (χ1v) is 3.66. The maximum absolute atomic E-state index is 7.11. The van der Waals surface area contributed by atoms with Crippen molar-refractivity contribution in [3.8, 4) is 0 Å². The number of halogens is 2. The summed E-state index contributed by atoms with van der Waals surface area (Å²) in [7, 11) is 0. The van der Waals surface area contributed by atoms with Crippen LogP contribution < -0.4 is 5.73 Å². The smallest absolute Gasteiger partial charge is 0.124 e. The molecule has 0 atom stereocenters. The number of benzene rings is 1. The van der Waals surface area contributed by atoms with Gasteiger partial charge >= 0.3 is 0 Å². The van der Waals surface area contributed by atoms with Gasteiger partial charge in [0.2, 0.25) is 0 Å². The number of rotatable bonds is 1. The highest BCUT2D eigenvalue weighted by molar-refractivity contribution is 6.35. The number of hydrogen-bond acceptors (Lipinski definition) is 1. The van der Waals surface area contributed by atoms with Gasteiger partial charge in [-0.2, -0.15) is 0 Å². The van der Waals surface area contributed by atoms with Crippen molar-refractivity contribution >= 4 is 29.0 Å². The second-order valence-corrected chi connectivity index (χ2v) is 2.88. The molecule has 0 aliphatic heterocycles. The van der Waals surface area contributed by atoms with Crippen LogP contribution in [0.25, 0.3) is 0 Å². The standard InChI is InChI=1S/C7H6Cl2N2/c8-4-1-2-6(9)5(3-4)7(10)11/h1-3H,(H3,10,11). The molecule has 2 nitrogen and oxygen atoms in total. The largest absolute Gasteiger partial charge is 0.384 e. The second kappa shape index (κ2) is 3.11. The highest BCUT2D eigenvalue weighted by Gasteiger charge is 2.02. The highest BCUT2D eigenvalue weighted by atomic mass is 35.5. The summed E-state index contributed by atoms with van der Waals surface area (Å²) >= 11 is 11.4. The summed E-state index contributed by atoms with van der Waals surface area (Å²) in [6.45, 7) is 0. The Morgan fingerprint density at radius 1 is 1.36 bits per heavy atom. The van der Waals surface area contributed by atoms with Crippen molar-refractivity contribution in [1.82, 2.24) is 0 Å². The predicted molar refractivity (Wildman–Crippen MR) is 47.5 cm³/mol. The molecule has 1 rings (SSSR count). The van der Waals surface area contributed by atoms with Gasteiger partial charge in [-0.25, -0.2) is 0 Å². The minimum Gasteiger partial charge on any atom is -0.384 e. The van der Waals surface area contributed by atoms with E-state index in [4.69, 9.17) is 34.3 Å². The van der Waals surface area contributed by atoms with Crippen molar-refractivity contribution in [3.63, 3.8) is 0 Å². The molecule has 0 heterocycles. The SMILES string of the molecule is N=C(N)c1cc(Cl)ccc1Cl. The number of nitrogen functional groups attached to an aromatic ring is 1. The van der Waals surface area contributed by atoms with E-state index in [1.165, 1.54) is 0 Å². The topological polar surface area (TPSA) is 49.9 Å². The minimum absolute atomic E-state index is 0.0718. The normalized spacial score (nSPS) is 9.64. The van der Waals surface area contributed by atoms with E-state index in [0.717, 1.165) is 0 Å². The maximum Gasteiger partial charge on any atom is 0.124 e. The lowest BCUT2D eigenvalue weighted by molar-refractivity contribution is 1.42. The third-order valence-corrected chi connectivity index (χ3v) is 1.78. The minimum atomic E-state index is -0.0718. The van der Waals surface area contributed by atoms with Crippen LogP contribution in [0.2, 0.25) is 10.0 Å². The number of amidine groups is 1. The zero-order valence-electron chi connectivity index (χ0n) is 5.57. The summed E-state index contributed by atoms with van der Waals surface area (Å²) in [6, 6.07) is 4.82. The monoisotopic (exact) mass is 188 g/mol. The zero-order valence-corrected chi connectivity index (χ0v) is 7.08.